The van der Waals surface area contributed by atoms with Crippen molar-refractivity contribution in [3.8, 4) is 11.5 Å². The van der Waals surface area contributed by atoms with Gasteiger partial charge in [0.25, 0.3) is 0 Å². The number of anilines is 1. The van der Waals surface area contributed by atoms with Crippen LogP contribution in [0.15, 0.2) is 97.1 Å². The summed E-state index contributed by atoms with van der Waals surface area (Å²) in [6.45, 7) is 3.53. The molecule has 0 saturated heterocycles. The number of nitrogens with zero attached hydrogens (tertiary/aromatic N) is 2. The fourth-order valence-corrected chi connectivity index (χ4v) is 5.35. The zero-order valence-corrected chi connectivity index (χ0v) is 22.0. The molecule has 0 amide bonds. The second-order valence-electron chi connectivity index (χ2n) is 10.0. The van der Waals surface area contributed by atoms with Crippen LogP contribution < -0.4 is 9.64 Å². The Morgan fingerprint density at radius 3 is 2.38 bits per heavy atom. The van der Waals surface area contributed by atoms with Crippen molar-refractivity contribution in [1.29, 1.82) is 0 Å². The topological polar surface area (TPSA) is 56.2 Å². The Bertz CT molecular complexity index is 1330. The van der Waals surface area contributed by atoms with Crippen LogP contribution in [0, 0.1) is 5.82 Å². The van der Waals surface area contributed by atoms with Gasteiger partial charge in [-0.05, 0) is 83.6 Å². The predicted molar refractivity (Wildman–Crippen MR) is 153 cm³/mol. The van der Waals surface area contributed by atoms with Crippen LogP contribution in [-0.2, 0) is 19.4 Å². The largest absolute Gasteiger partial charge is 0.508 e. The van der Waals surface area contributed by atoms with Gasteiger partial charge in [-0.25, -0.2) is 4.39 Å². The second-order valence-corrected chi connectivity index (χ2v) is 10.0. The molecule has 39 heavy (non-hydrogen) atoms. The molecule has 5 nitrogen and oxygen atoms in total. The molecule has 0 radical (unpaired) electrons. The highest BCUT2D eigenvalue weighted by molar-refractivity contribution is 5.53. The minimum Gasteiger partial charge on any atom is -0.508 e. The SMILES string of the molecule is OCCN(CCOc1ccc(CC2c3ccc(O)cc3CCN2c2ccc(F)cc2)cc1)Cc1ccccc1. The molecule has 1 unspecified atom stereocenters. The number of fused-ring (bicyclic) bond motifs is 1. The van der Waals surface area contributed by atoms with E-state index in [1.165, 1.54) is 28.8 Å². The number of hydrogen-bond acceptors (Lipinski definition) is 5. The van der Waals surface area contributed by atoms with E-state index in [4.69, 9.17) is 4.74 Å². The number of ether oxygens (including phenoxy) is 1. The first kappa shape index (κ1) is 26.7. The quantitative estimate of drug-likeness (QED) is 0.261. The number of halogens is 1. The normalized spacial score (nSPS) is 14.8. The van der Waals surface area contributed by atoms with Crippen LogP contribution in [0.3, 0.4) is 0 Å². The third kappa shape index (κ3) is 6.96. The van der Waals surface area contributed by atoms with E-state index in [0.717, 1.165) is 49.5 Å². The Labute approximate surface area is 229 Å². The number of phenols is 1. The van der Waals surface area contributed by atoms with Crippen molar-refractivity contribution in [3.63, 3.8) is 0 Å². The van der Waals surface area contributed by atoms with Gasteiger partial charge in [-0.15, -0.1) is 0 Å². The third-order valence-corrected chi connectivity index (χ3v) is 7.34. The van der Waals surface area contributed by atoms with Crippen LogP contribution in [0.25, 0.3) is 0 Å². The molecule has 1 heterocycles. The van der Waals surface area contributed by atoms with Gasteiger partial charge in [0.1, 0.15) is 23.9 Å². The number of rotatable bonds is 11. The highest BCUT2D eigenvalue weighted by atomic mass is 19.1. The lowest BCUT2D eigenvalue weighted by Gasteiger charge is -2.39. The first-order valence-corrected chi connectivity index (χ1v) is 13.5. The molecule has 0 aliphatic carbocycles. The summed E-state index contributed by atoms with van der Waals surface area (Å²) in [7, 11) is 0. The maximum Gasteiger partial charge on any atom is 0.123 e. The van der Waals surface area contributed by atoms with Gasteiger partial charge >= 0.3 is 0 Å². The molecule has 0 fully saturated rings. The molecule has 0 aromatic heterocycles. The van der Waals surface area contributed by atoms with Gasteiger partial charge in [-0.1, -0.05) is 48.5 Å². The molecular formula is C33H35FN2O3. The highest BCUT2D eigenvalue weighted by Gasteiger charge is 2.28. The molecule has 1 atom stereocenters. The van der Waals surface area contributed by atoms with Gasteiger partial charge in [0.15, 0.2) is 0 Å². The van der Waals surface area contributed by atoms with Gasteiger partial charge in [0.2, 0.25) is 0 Å². The smallest absolute Gasteiger partial charge is 0.123 e. The van der Waals surface area contributed by atoms with Crippen LogP contribution in [0.2, 0.25) is 0 Å². The Hall–Kier alpha value is -3.87. The minimum absolute atomic E-state index is 0.0663. The maximum absolute atomic E-state index is 13.6. The Morgan fingerprint density at radius 1 is 0.872 bits per heavy atom. The van der Waals surface area contributed by atoms with Crippen molar-refractivity contribution in [2.24, 2.45) is 0 Å². The van der Waals surface area contributed by atoms with Crippen molar-refractivity contribution in [1.82, 2.24) is 4.90 Å². The van der Waals surface area contributed by atoms with Crippen molar-refractivity contribution >= 4 is 5.69 Å². The average Bonchev–Trinajstić information content (AvgIpc) is 2.95. The number of aliphatic hydroxyl groups is 1. The van der Waals surface area contributed by atoms with E-state index in [1.807, 2.05) is 54.6 Å². The summed E-state index contributed by atoms with van der Waals surface area (Å²) in [5.74, 6) is 0.852. The molecule has 4 aromatic rings. The monoisotopic (exact) mass is 526 g/mol. The maximum atomic E-state index is 13.6. The number of benzene rings is 4. The zero-order chi connectivity index (χ0) is 27.0. The van der Waals surface area contributed by atoms with E-state index in [2.05, 4.69) is 34.1 Å². The molecule has 1 aliphatic heterocycles. The zero-order valence-electron chi connectivity index (χ0n) is 22.0. The van der Waals surface area contributed by atoms with E-state index in [0.29, 0.717) is 13.2 Å². The van der Waals surface area contributed by atoms with Gasteiger partial charge in [0, 0.05) is 31.9 Å². The standard InChI is InChI=1S/C33H35FN2O3/c34-28-8-10-29(11-9-28)36-17-16-27-23-30(38)12-15-32(27)33(36)22-25-6-13-31(14-7-25)39-21-19-35(18-20-37)24-26-4-2-1-3-5-26/h1-15,23,33,37-38H,16-22,24H2. The lowest BCUT2D eigenvalue weighted by Crippen LogP contribution is -2.36. The summed E-state index contributed by atoms with van der Waals surface area (Å²) >= 11 is 0. The van der Waals surface area contributed by atoms with E-state index in [1.54, 1.807) is 6.07 Å². The second kappa shape index (κ2) is 12.8. The number of hydrogen-bond donors (Lipinski definition) is 2. The number of aliphatic hydroxyl groups excluding tert-OH is 1. The molecule has 0 bridgehead atoms. The highest BCUT2D eigenvalue weighted by Crippen LogP contribution is 2.37. The molecule has 0 saturated carbocycles. The minimum atomic E-state index is -0.243. The van der Waals surface area contributed by atoms with Gasteiger partial charge < -0.3 is 19.8 Å². The van der Waals surface area contributed by atoms with E-state index < -0.39 is 0 Å². The van der Waals surface area contributed by atoms with Crippen LogP contribution in [0.5, 0.6) is 11.5 Å². The number of aromatic hydroxyl groups is 1. The Kier molecular flexibility index (Phi) is 8.76. The molecule has 202 valence electrons. The first-order chi connectivity index (χ1) is 19.1. The van der Waals surface area contributed by atoms with Crippen LogP contribution in [-0.4, -0.2) is 48.0 Å². The van der Waals surface area contributed by atoms with Crippen molar-refractivity contribution in [2.45, 2.75) is 25.4 Å². The van der Waals surface area contributed by atoms with Crippen LogP contribution >= 0.6 is 0 Å². The molecule has 6 heteroatoms. The summed E-state index contributed by atoms with van der Waals surface area (Å²) in [5, 5.41) is 19.5. The summed E-state index contributed by atoms with van der Waals surface area (Å²) in [5.41, 5.74) is 5.71. The number of phenolic OH excluding ortho intramolecular Hbond substituents is 1. The van der Waals surface area contributed by atoms with Crippen molar-refractivity contribution in [3.05, 3.63) is 125 Å². The molecule has 0 spiro atoms. The van der Waals surface area contributed by atoms with Crippen molar-refractivity contribution < 1.29 is 19.3 Å². The Balaban J connectivity index is 1.24. The van der Waals surface area contributed by atoms with Crippen molar-refractivity contribution in [2.75, 3.05) is 37.7 Å². The fourth-order valence-electron chi connectivity index (χ4n) is 5.35. The van der Waals surface area contributed by atoms with E-state index in [-0.39, 0.29) is 24.2 Å². The summed E-state index contributed by atoms with van der Waals surface area (Å²) < 4.78 is 19.7. The summed E-state index contributed by atoms with van der Waals surface area (Å²) in [6.07, 6.45) is 1.60. The van der Waals surface area contributed by atoms with E-state index in [9.17, 15) is 14.6 Å². The van der Waals surface area contributed by atoms with E-state index >= 15 is 0 Å². The predicted octanol–water partition coefficient (Wildman–Crippen LogP) is 5.75. The summed E-state index contributed by atoms with van der Waals surface area (Å²) in [4.78, 5) is 4.51. The van der Waals surface area contributed by atoms with Gasteiger partial charge in [0.05, 0.1) is 12.6 Å². The van der Waals surface area contributed by atoms with Gasteiger partial charge in [-0.2, -0.15) is 0 Å². The first-order valence-electron chi connectivity index (χ1n) is 13.5. The van der Waals surface area contributed by atoms with Crippen LogP contribution in [0.1, 0.15) is 28.3 Å². The molecule has 2 N–H and O–H groups in total. The molecule has 4 aromatic carbocycles. The molecular weight excluding hydrogens is 491 g/mol. The molecule has 5 rings (SSSR count). The lowest BCUT2D eigenvalue weighted by molar-refractivity contribution is 0.163. The van der Waals surface area contributed by atoms with Crippen LogP contribution in [0.4, 0.5) is 10.1 Å². The molecule has 1 aliphatic rings. The Morgan fingerprint density at radius 2 is 1.64 bits per heavy atom. The van der Waals surface area contributed by atoms with Gasteiger partial charge in [-0.3, -0.25) is 4.90 Å². The lowest BCUT2D eigenvalue weighted by atomic mass is 9.88. The summed E-state index contributed by atoms with van der Waals surface area (Å²) in [6, 6.07) is 30.8. The average molecular weight is 527 g/mol. The third-order valence-electron chi connectivity index (χ3n) is 7.34. The fraction of sp³-hybridized carbons (Fsp3) is 0.273.